The molecule has 0 spiro atoms. The fourth-order valence-electron chi connectivity index (χ4n) is 0.109. The molecule has 2 heteroatoms. The zero-order valence-corrected chi connectivity index (χ0v) is 8.15. The Morgan fingerprint density at radius 1 is 1.25 bits per heavy atom. The van der Waals surface area contributed by atoms with Gasteiger partial charge in [-0.1, -0.05) is 0 Å². The molecule has 0 aliphatic heterocycles. The number of rotatable bonds is 0. The first-order valence-corrected chi connectivity index (χ1v) is 8.98. The minimum absolute atomic E-state index is 0.0274. The normalized spacial score (nSPS) is 5.00. The third-order valence-corrected chi connectivity index (χ3v) is 2.12. The van der Waals surface area contributed by atoms with Crippen LogP contribution in [0.4, 0.5) is 0 Å². The molecular formula is C6HI2-. The Bertz CT molecular complexity index is 201. The summed E-state index contributed by atoms with van der Waals surface area (Å²) < 4.78 is 2.86. The molecule has 8 heavy (non-hydrogen) atoms. The molecule has 0 atom stereocenters. The summed E-state index contributed by atoms with van der Waals surface area (Å²) in [7, 11) is 0. The molecule has 0 saturated carbocycles. The van der Waals surface area contributed by atoms with E-state index in [9.17, 15) is 0 Å². The molecule has 0 radical (unpaired) electrons. The summed E-state index contributed by atoms with van der Waals surface area (Å²) in [5.74, 6) is 9.71. The number of halogens is 2. The summed E-state index contributed by atoms with van der Waals surface area (Å²) in [4.78, 5) is 0. The second kappa shape index (κ2) is 7.14. The molecule has 0 saturated heterocycles. The van der Waals surface area contributed by atoms with Crippen LogP contribution in [0.15, 0.2) is 0 Å². The first kappa shape index (κ1) is 8.14. The maximum absolute atomic E-state index is 4.83. The molecular weight excluding hydrogens is 326 g/mol. The van der Waals surface area contributed by atoms with Crippen LogP contribution in [-0.4, -0.2) is 0 Å². The first-order chi connectivity index (χ1) is 3.91. The van der Waals surface area contributed by atoms with Crippen LogP contribution in [0.3, 0.4) is 0 Å². The molecule has 0 rings (SSSR count). The Morgan fingerprint density at radius 3 is 2.50 bits per heavy atom. The van der Waals surface area contributed by atoms with Gasteiger partial charge in [0.25, 0.3) is 0 Å². The predicted octanol–water partition coefficient (Wildman–Crippen LogP) is -1.98. The zero-order chi connectivity index (χ0) is 6.24. The molecule has 0 heterocycles. The third-order valence-electron chi connectivity index (χ3n) is 0.280. The van der Waals surface area contributed by atoms with E-state index in [1.165, 1.54) is 0 Å². The van der Waals surface area contributed by atoms with Crippen molar-refractivity contribution in [3.63, 3.8) is 0 Å². The van der Waals surface area contributed by atoms with Crippen molar-refractivity contribution >= 4 is 18.6 Å². The average Bonchev–Trinajstić information content (AvgIpc) is 1.81. The molecule has 0 amide bonds. The van der Waals surface area contributed by atoms with E-state index in [4.69, 9.17) is 6.42 Å². The van der Waals surface area contributed by atoms with Crippen LogP contribution in [0, 0.1) is 34.0 Å². The fraction of sp³-hybridized carbons (Fsp3) is 0. The van der Waals surface area contributed by atoms with Gasteiger partial charge in [-0.05, 0) is 0 Å². The Kier molecular flexibility index (Phi) is 7.26. The van der Waals surface area contributed by atoms with Gasteiger partial charge in [0.2, 0.25) is 0 Å². The van der Waals surface area contributed by atoms with Crippen LogP contribution in [-0.2, 0) is 0 Å². The molecule has 0 nitrogen and oxygen atoms in total. The summed E-state index contributed by atoms with van der Waals surface area (Å²) in [6, 6.07) is 0. The number of terminal acetylenes is 1. The van der Waals surface area contributed by atoms with Gasteiger partial charge in [-0.25, -0.2) is 0 Å². The van der Waals surface area contributed by atoms with Gasteiger partial charge in [0.1, 0.15) is 0 Å². The molecule has 0 unspecified atom stereocenters. The predicted molar refractivity (Wildman–Crippen MR) is 38.4 cm³/mol. The van der Waals surface area contributed by atoms with Crippen LogP contribution in [0.1, 0.15) is 0 Å². The van der Waals surface area contributed by atoms with E-state index < -0.39 is 0 Å². The van der Waals surface area contributed by atoms with Gasteiger partial charge in [0.15, 0.2) is 0 Å². The van der Waals surface area contributed by atoms with E-state index in [0.717, 1.165) is 0 Å². The standard InChI is InChI=1S/C6HI2/c1-2-3-4-5-6-8-7/h1H/q-1. The van der Waals surface area contributed by atoms with Crippen molar-refractivity contribution in [1.29, 1.82) is 0 Å². The summed E-state index contributed by atoms with van der Waals surface area (Å²) >= 11 is 2.28. The van der Waals surface area contributed by atoms with Gasteiger partial charge < -0.3 is 0 Å². The average molecular weight is 327 g/mol. The van der Waals surface area contributed by atoms with E-state index in [0.29, 0.717) is 0 Å². The zero-order valence-electron chi connectivity index (χ0n) is 3.83. The quantitative estimate of drug-likeness (QED) is 0.358. The van der Waals surface area contributed by atoms with Crippen molar-refractivity contribution in [2.75, 3.05) is 0 Å². The molecule has 0 aromatic rings. The van der Waals surface area contributed by atoms with Crippen LogP contribution in [0.25, 0.3) is 0 Å². The molecule has 0 bridgehead atoms. The summed E-state index contributed by atoms with van der Waals surface area (Å²) in [6.07, 6.45) is 4.83. The number of hydrogen-bond donors (Lipinski definition) is 0. The number of hydrogen-bond acceptors (Lipinski definition) is 0. The monoisotopic (exact) mass is 327 g/mol. The fourth-order valence-corrected chi connectivity index (χ4v) is 1.03. The molecule has 0 aliphatic carbocycles. The topological polar surface area (TPSA) is 0 Å². The molecule has 0 aliphatic rings. The van der Waals surface area contributed by atoms with Crippen LogP contribution < -0.4 is 17.2 Å². The maximum atomic E-state index is 4.83. The first-order valence-electron chi connectivity index (χ1n) is 1.62. The third kappa shape index (κ3) is 6.14. The molecule has 0 aromatic carbocycles. The molecule has 40 valence electrons. The van der Waals surface area contributed by atoms with Gasteiger partial charge in [-0.15, -0.1) is 0 Å². The second-order valence-electron chi connectivity index (χ2n) is 0.685. The minimum atomic E-state index is 0.0274. The summed E-state index contributed by atoms with van der Waals surface area (Å²) in [5.41, 5.74) is 0. The van der Waals surface area contributed by atoms with E-state index in [1.54, 1.807) is 0 Å². The van der Waals surface area contributed by atoms with Crippen LogP contribution in [0.2, 0.25) is 0 Å². The summed E-state index contributed by atoms with van der Waals surface area (Å²) in [6.45, 7) is 0. The van der Waals surface area contributed by atoms with E-state index >= 15 is 0 Å². The second-order valence-corrected chi connectivity index (χ2v) is 4.37. The van der Waals surface area contributed by atoms with Crippen LogP contribution >= 0.6 is 18.6 Å². The summed E-state index contributed by atoms with van der Waals surface area (Å²) in [5, 5.41) is 0. The Balaban J connectivity index is 3.61. The van der Waals surface area contributed by atoms with Gasteiger partial charge in [-0.2, -0.15) is 0 Å². The van der Waals surface area contributed by atoms with Crippen molar-refractivity contribution in [2.45, 2.75) is 0 Å². The van der Waals surface area contributed by atoms with Gasteiger partial charge >= 0.3 is 69.9 Å². The van der Waals surface area contributed by atoms with Crippen molar-refractivity contribution in [1.82, 2.24) is 0 Å². The van der Waals surface area contributed by atoms with Crippen molar-refractivity contribution in [3.8, 4) is 34.0 Å². The van der Waals surface area contributed by atoms with E-state index in [2.05, 4.69) is 46.2 Å². The SMILES string of the molecule is C#CC#CC#C[I-]I. The van der Waals surface area contributed by atoms with Gasteiger partial charge in [0.05, 0.1) is 0 Å². The van der Waals surface area contributed by atoms with Gasteiger partial charge in [0, 0.05) is 0 Å². The Morgan fingerprint density at radius 2 is 2.00 bits per heavy atom. The Labute approximate surface area is 69.2 Å². The van der Waals surface area contributed by atoms with Crippen molar-refractivity contribution < 1.29 is 17.2 Å². The molecule has 0 N–H and O–H groups in total. The van der Waals surface area contributed by atoms with Crippen molar-refractivity contribution in [2.24, 2.45) is 0 Å². The molecule has 0 aromatic heterocycles. The Hall–Kier alpha value is 0.140. The molecule has 0 fully saturated rings. The van der Waals surface area contributed by atoms with Crippen molar-refractivity contribution in [3.05, 3.63) is 0 Å². The van der Waals surface area contributed by atoms with Crippen LogP contribution in [0.5, 0.6) is 0 Å². The van der Waals surface area contributed by atoms with E-state index in [-0.39, 0.29) is 17.2 Å². The van der Waals surface area contributed by atoms with E-state index in [1.807, 2.05) is 0 Å². The van der Waals surface area contributed by atoms with Gasteiger partial charge in [-0.3, -0.25) is 0 Å².